The number of methoxy groups -OCH3 is 2. The largest absolute Gasteiger partial charge is 0.504 e. The van der Waals surface area contributed by atoms with Gasteiger partial charge in [0.2, 0.25) is 23.5 Å². The molecule has 1 fully saturated rings. The van der Waals surface area contributed by atoms with Crippen LogP contribution < -0.4 is 19.6 Å². The Morgan fingerprint density at radius 3 is 2.19 bits per heavy atom. The number of aromatic hydroxyl groups is 3. The Morgan fingerprint density at radius 1 is 0.889 bits per heavy atom. The van der Waals surface area contributed by atoms with Crippen LogP contribution in [0.1, 0.15) is 0 Å². The molecule has 5 atom stereocenters. The van der Waals surface area contributed by atoms with Crippen molar-refractivity contribution in [2.45, 2.75) is 30.7 Å². The normalized spacial score (nSPS) is 24.0. The van der Waals surface area contributed by atoms with E-state index in [1.807, 2.05) is 0 Å². The maximum atomic E-state index is 13.0. The Hall–Kier alpha value is -3.75. The molecule has 13 heteroatoms. The maximum absolute atomic E-state index is 13.0. The molecule has 194 valence electrons. The van der Waals surface area contributed by atoms with Crippen molar-refractivity contribution in [1.29, 1.82) is 0 Å². The molecule has 0 bridgehead atoms. The quantitative estimate of drug-likeness (QED) is 0.215. The van der Waals surface area contributed by atoms with Gasteiger partial charge in [-0.15, -0.1) is 0 Å². The summed E-state index contributed by atoms with van der Waals surface area (Å²) in [6.07, 6.45) is -8.15. The molecule has 13 nitrogen and oxygen atoms in total. The van der Waals surface area contributed by atoms with Crippen LogP contribution in [0.4, 0.5) is 0 Å². The van der Waals surface area contributed by atoms with Gasteiger partial charge in [0.05, 0.1) is 20.8 Å². The molecule has 0 saturated carbocycles. The Kier molecular flexibility index (Phi) is 6.84. The molecule has 1 aliphatic rings. The van der Waals surface area contributed by atoms with Crippen molar-refractivity contribution in [3.05, 3.63) is 34.5 Å². The molecular weight excluding hydrogens is 484 g/mol. The first-order valence-electron chi connectivity index (χ1n) is 10.6. The fraction of sp³-hybridized carbons (Fsp3) is 0.348. The predicted octanol–water partition coefficient (Wildman–Crippen LogP) is -0.227. The number of ether oxygens (including phenoxy) is 4. The lowest BCUT2D eigenvalue weighted by atomic mass is 9.99. The highest BCUT2D eigenvalue weighted by molar-refractivity contribution is 5.95. The molecule has 36 heavy (non-hydrogen) atoms. The summed E-state index contributed by atoms with van der Waals surface area (Å²) >= 11 is 0. The smallest absolute Gasteiger partial charge is 0.229 e. The lowest BCUT2D eigenvalue weighted by Gasteiger charge is -2.39. The monoisotopic (exact) mass is 508 g/mol. The highest BCUT2D eigenvalue weighted by Crippen LogP contribution is 2.51. The van der Waals surface area contributed by atoms with Crippen molar-refractivity contribution in [2.75, 3.05) is 20.8 Å². The SMILES string of the molecule is COc1c(O[C@@H]2O[C@H](CO)[C@@H](O)[C@H](O)[C@H]2O)c(OC)c2oc(-c3ccc(O)c(O)c3)cc(=O)c2c1O. The third-order valence-corrected chi connectivity index (χ3v) is 5.77. The molecule has 0 spiro atoms. The molecule has 0 unspecified atom stereocenters. The molecule has 0 radical (unpaired) electrons. The van der Waals surface area contributed by atoms with Crippen LogP contribution in [-0.2, 0) is 4.74 Å². The second-order valence-electron chi connectivity index (χ2n) is 7.94. The topological polar surface area (TPSA) is 209 Å². The molecule has 7 N–H and O–H groups in total. The molecule has 4 rings (SSSR count). The fourth-order valence-electron chi connectivity index (χ4n) is 3.89. The van der Waals surface area contributed by atoms with E-state index in [0.29, 0.717) is 0 Å². The van der Waals surface area contributed by atoms with E-state index in [0.717, 1.165) is 19.2 Å². The van der Waals surface area contributed by atoms with Gasteiger partial charge in [-0.05, 0) is 18.2 Å². The average molecular weight is 508 g/mol. The van der Waals surface area contributed by atoms with E-state index in [9.17, 15) is 40.5 Å². The van der Waals surface area contributed by atoms with Crippen LogP contribution in [0.25, 0.3) is 22.3 Å². The van der Waals surface area contributed by atoms with Crippen LogP contribution in [0.15, 0.2) is 33.5 Å². The first-order chi connectivity index (χ1) is 17.1. The number of benzene rings is 2. The molecule has 3 aromatic rings. The van der Waals surface area contributed by atoms with E-state index in [-0.39, 0.29) is 33.8 Å². The number of aliphatic hydroxyl groups excluding tert-OH is 4. The van der Waals surface area contributed by atoms with Gasteiger partial charge >= 0.3 is 0 Å². The summed E-state index contributed by atoms with van der Waals surface area (Å²) in [6.45, 7) is -0.709. The van der Waals surface area contributed by atoms with Crippen molar-refractivity contribution in [3.8, 4) is 45.8 Å². The molecule has 1 aliphatic heterocycles. The molecule has 1 saturated heterocycles. The molecule has 0 amide bonds. The maximum Gasteiger partial charge on any atom is 0.229 e. The lowest BCUT2D eigenvalue weighted by molar-refractivity contribution is -0.277. The van der Waals surface area contributed by atoms with Gasteiger partial charge in [-0.1, -0.05) is 0 Å². The van der Waals surface area contributed by atoms with E-state index >= 15 is 0 Å². The van der Waals surface area contributed by atoms with Crippen LogP contribution in [0, 0.1) is 0 Å². The van der Waals surface area contributed by atoms with Crippen molar-refractivity contribution in [2.24, 2.45) is 0 Å². The molecule has 2 heterocycles. The highest BCUT2D eigenvalue weighted by Gasteiger charge is 2.45. The van der Waals surface area contributed by atoms with Gasteiger partial charge in [-0.25, -0.2) is 0 Å². The number of phenols is 3. The minimum atomic E-state index is -1.80. The number of hydrogen-bond donors (Lipinski definition) is 7. The van der Waals surface area contributed by atoms with E-state index in [1.165, 1.54) is 19.2 Å². The number of phenolic OH excluding ortho intramolecular Hbond substituents is 3. The Bertz CT molecular complexity index is 1330. The average Bonchev–Trinajstić information content (AvgIpc) is 2.85. The Labute approximate surface area is 202 Å². The third-order valence-electron chi connectivity index (χ3n) is 5.77. The first-order valence-corrected chi connectivity index (χ1v) is 10.6. The van der Waals surface area contributed by atoms with E-state index < -0.39 is 65.7 Å². The van der Waals surface area contributed by atoms with Crippen LogP contribution in [0.3, 0.4) is 0 Å². The van der Waals surface area contributed by atoms with Gasteiger partial charge in [0.1, 0.15) is 35.6 Å². The zero-order valence-corrected chi connectivity index (χ0v) is 19.0. The van der Waals surface area contributed by atoms with Crippen molar-refractivity contribution >= 4 is 11.0 Å². The molecular formula is C23H24O13. The van der Waals surface area contributed by atoms with E-state index in [2.05, 4.69) is 0 Å². The van der Waals surface area contributed by atoms with Gasteiger partial charge in [-0.3, -0.25) is 4.79 Å². The molecule has 1 aromatic heterocycles. The minimum Gasteiger partial charge on any atom is -0.504 e. The number of hydrogen-bond acceptors (Lipinski definition) is 13. The number of rotatable bonds is 6. The Morgan fingerprint density at radius 2 is 1.58 bits per heavy atom. The van der Waals surface area contributed by atoms with Crippen molar-refractivity contribution in [3.63, 3.8) is 0 Å². The molecule has 0 aliphatic carbocycles. The van der Waals surface area contributed by atoms with Crippen LogP contribution in [0.2, 0.25) is 0 Å². The van der Waals surface area contributed by atoms with Crippen LogP contribution >= 0.6 is 0 Å². The van der Waals surface area contributed by atoms with Gasteiger partial charge in [0, 0.05) is 11.6 Å². The highest BCUT2D eigenvalue weighted by atomic mass is 16.7. The van der Waals surface area contributed by atoms with Gasteiger partial charge < -0.3 is 59.1 Å². The Balaban J connectivity index is 1.91. The minimum absolute atomic E-state index is 0.0653. The van der Waals surface area contributed by atoms with Crippen LogP contribution in [-0.4, -0.2) is 87.3 Å². The van der Waals surface area contributed by atoms with Crippen LogP contribution in [0.5, 0.6) is 34.5 Å². The zero-order valence-electron chi connectivity index (χ0n) is 19.0. The summed E-state index contributed by atoms with van der Waals surface area (Å²) in [4.78, 5) is 13.0. The number of fused-ring (bicyclic) bond motifs is 1. The van der Waals surface area contributed by atoms with E-state index in [4.69, 9.17) is 23.4 Å². The fourth-order valence-corrected chi connectivity index (χ4v) is 3.89. The molecule has 2 aromatic carbocycles. The third kappa shape index (κ3) is 4.12. The van der Waals surface area contributed by atoms with Gasteiger partial charge in [0.25, 0.3) is 0 Å². The van der Waals surface area contributed by atoms with E-state index in [1.54, 1.807) is 0 Å². The standard InChI is InChI=1S/C23H24O13/c1-32-20-16(29)14-11(27)6-12(8-3-4-9(25)10(26)5-8)34-19(14)21(33-2)22(20)36-23-18(31)17(30)15(28)13(7-24)35-23/h3-6,13,15,17-18,23-26,28-31H,7H2,1-2H3/t13-,15-,17+,18-,23+/m1/s1. The van der Waals surface area contributed by atoms with Gasteiger partial charge in [0.15, 0.2) is 28.3 Å². The lowest BCUT2D eigenvalue weighted by Crippen LogP contribution is -2.60. The van der Waals surface area contributed by atoms with Crippen molar-refractivity contribution in [1.82, 2.24) is 0 Å². The summed E-state index contributed by atoms with van der Waals surface area (Å²) < 4.78 is 27.4. The second kappa shape index (κ2) is 9.72. The first kappa shape index (κ1) is 25.3. The summed E-state index contributed by atoms with van der Waals surface area (Å²) in [7, 11) is 2.36. The second-order valence-corrected chi connectivity index (χ2v) is 7.94. The summed E-state index contributed by atoms with van der Waals surface area (Å²) in [5, 5.41) is 69.8. The zero-order chi connectivity index (χ0) is 26.3. The summed E-state index contributed by atoms with van der Waals surface area (Å²) in [6, 6.07) is 4.76. The van der Waals surface area contributed by atoms with Crippen molar-refractivity contribution < 1.29 is 59.1 Å². The number of aliphatic hydroxyl groups is 4. The summed E-state index contributed by atoms with van der Waals surface area (Å²) in [5.41, 5.74) is -0.809. The predicted molar refractivity (Wildman–Crippen MR) is 120 cm³/mol. The van der Waals surface area contributed by atoms with Gasteiger partial charge in [-0.2, -0.15) is 0 Å². The summed E-state index contributed by atoms with van der Waals surface area (Å²) in [5.74, 6) is -2.66.